The summed E-state index contributed by atoms with van der Waals surface area (Å²) in [5, 5.41) is 17.5. The largest absolute Gasteiger partial charge is 0.354 e. The van der Waals surface area contributed by atoms with E-state index in [1.165, 1.54) is 118 Å². The highest BCUT2D eigenvalue weighted by Crippen LogP contribution is 2.41. The lowest BCUT2D eigenvalue weighted by molar-refractivity contribution is 1.56. The molecule has 0 fully saturated rings. The number of fused-ring (bicyclic) bond motifs is 13. The molecule has 0 amide bonds. The predicted molar refractivity (Wildman–Crippen MR) is 219 cm³/mol. The molecule has 232 valence electrons. The number of rotatable bonds is 2. The summed E-state index contributed by atoms with van der Waals surface area (Å²) in [7, 11) is 0. The maximum absolute atomic E-state index is 3.83. The topological polar surface area (TPSA) is 31.6 Å². The van der Waals surface area contributed by atoms with Gasteiger partial charge in [0.1, 0.15) is 0 Å². The number of nitrogens with one attached hydrogen (secondary N) is 2. The first-order chi connectivity index (χ1) is 24.7. The summed E-state index contributed by atoms with van der Waals surface area (Å²) in [6, 6.07) is 52.1. The Labute approximate surface area is 293 Å². The van der Waals surface area contributed by atoms with Crippen LogP contribution in [0.5, 0.6) is 0 Å². The average Bonchev–Trinajstić information content (AvgIpc) is 3.95. The smallest absolute Gasteiger partial charge is 0.0544 e. The lowest BCUT2D eigenvalue weighted by Crippen LogP contribution is -1.80. The average molecular weight is 671 g/mol. The SMILES string of the molecule is c1ccc(-c2ccc3c(ccc4c5cc6[nH]c7c8ccc(-c9cc%10cc%11cc%12sccc%12cc%11cc%10s9)cc8ccc7c6cc5[nH]c34)c2)cc1. The van der Waals surface area contributed by atoms with E-state index in [9.17, 15) is 0 Å². The number of thiophene rings is 2. The van der Waals surface area contributed by atoms with E-state index in [0.29, 0.717) is 0 Å². The van der Waals surface area contributed by atoms with Gasteiger partial charge in [-0.25, -0.2) is 0 Å². The van der Waals surface area contributed by atoms with Crippen LogP contribution < -0.4 is 0 Å². The normalized spacial score (nSPS) is 12.4. The number of benzene rings is 8. The molecule has 0 saturated heterocycles. The van der Waals surface area contributed by atoms with Crippen molar-refractivity contribution in [3.8, 4) is 21.6 Å². The number of aromatic amines is 2. The summed E-state index contributed by atoms with van der Waals surface area (Å²) in [6.07, 6.45) is 0. The molecule has 12 rings (SSSR count). The van der Waals surface area contributed by atoms with E-state index in [2.05, 4.69) is 155 Å². The van der Waals surface area contributed by atoms with Gasteiger partial charge in [-0.05, 0) is 115 Å². The zero-order valence-electron chi connectivity index (χ0n) is 26.7. The standard InChI is InChI=1S/C46H26N2S2/c1-2-4-25(5-3-1)26-6-10-34-27(16-26)7-12-36-38-23-41-39(24-40(38)47-45(34)36)37-13-8-28-17-29(9-11-35(28)46(37)48-41)43-22-33-19-32-20-42-30(14-15-49-42)18-31(32)21-44(33)50-43/h1-24,47-48H. The summed E-state index contributed by atoms with van der Waals surface area (Å²) in [4.78, 5) is 8.94. The van der Waals surface area contributed by atoms with Crippen LogP contribution in [0, 0.1) is 0 Å². The summed E-state index contributed by atoms with van der Waals surface area (Å²) in [5.74, 6) is 0. The van der Waals surface area contributed by atoms with E-state index in [-0.39, 0.29) is 0 Å². The molecular weight excluding hydrogens is 645 g/mol. The predicted octanol–water partition coefficient (Wildman–Crippen LogP) is 14.2. The summed E-state index contributed by atoms with van der Waals surface area (Å²) in [5.41, 5.74) is 8.47. The van der Waals surface area contributed by atoms with Crippen LogP contribution in [-0.2, 0) is 0 Å². The fourth-order valence-corrected chi connectivity index (χ4v) is 10.2. The lowest BCUT2D eigenvalue weighted by Gasteiger charge is -2.05. The van der Waals surface area contributed by atoms with Gasteiger partial charge in [-0.3, -0.25) is 0 Å². The number of H-pyrrole nitrogens is 2. The van der Waals surface area contributed by atoms with Crippen LogP contribution >= 0.6 is 22.7 Å². The molecule has 0 atom stereocenters. The second-order valence-corrected chi connectivity index (χ2v) is 15.6. The van der Waals surface area contributed by atoms with E-state index < -0.39 is 0 Å². The first-order valence-corrected chi connectivity index (χ1v) is 18.7. The second-order valence-electron chi connectivity index (χ2n) is 13.6. The number of hydrogen-bond donors (Lipinski definition) is 2. The molecule has 0 aliphatic carbocycles. The molecule has 8 aromatic carbocycles. The number of hydrogen-bond acceptors (Lipinski definition) is 2. The highest BCUT2D eigenvalue weighted by molar-refractivity contribution is 7.22. The molecule has 0 aliphatic rings. The van der Waals surface area contributed by atoms with Gasteiger partial charge in [0.15, 0.2) is 0 Å². The fraction of sp³-hybridized carbons (Fsp3) is 0. The summed E-state index contributed by atoms with van der Waals surface area (Å²) < 4.78 is 2.68. The van der Waals surface area contributed by atoms with Gasteiger partial charge in [0.2, 0.25) is 0 Å². The quantitative estimate of drug-likeness (QED) is 0.183. The molecule has 2 nitrogen and oxygen atoms in total. The van der Waals surface area contributed by atoms with E-state index in [4.69, 9.17) is 0 Å². The minimum Gasteiger partial charge on any atom is -0.354 e. The van der Waals surface area contributed by atoms with E-state index in [1.807, 2.05) is 22.7 Å². The maximum Gasteiger partial charge on any atom is 0.0544 e. The second kappa shape index (κ2) is 9.82. The van der Waals surface area contributed by atoms with Crippen molar-refractivity contribution in [2.75, 3.05) is 0 Å². The highest BCUT2D eigenvalue weighted by Gasteiger charge is 2.15. The monoisotopic (exact) mass is 670 g/mol. The molecule has 0 unspecified atom stereocenters. The molecule has 50 heavy (non-hydrogen) atoms. The van der Waals surface area contributed by atoms with Crippen LogP contribution in [0.2, 0.25) is 0 Å². The Morgan fingerprint density at radius 1 is 0.360 bits per heavy atom. The third-order valence-corrected chi connectivity index (χ3v) is 12.8. The summed E-state index contributed by atoms with van der Waals surface area (Å²) in [6.45, 7) is 0. The van der Waals surface area contributed by atoms with Crippen molar-refractivity contribution >= 4 is 119 Å². The Morgan fingerprint density at radius 3 is 1.70 bits per heavy atom. The third-order valence-electron chi connectivity index (χ3n) is 10.7. The molecule has 0 bridgehead atoms. The van der Waals surface area contributed by atoms with E-state index >= 15 is 0 Å². The van der Waals surface area contributed by atoms with Crippen LogP contribution in [0.15, 0.2) is 145 Å². The molecule has 0 spiro atoms. The van der Waals surface area contributed by atoms with Crippen LogP contribution in [0.1, 0.15) is 0 Å². The van der Waals surface area contributed by atoms with Crippen molar-refractivity contribution in [1.82, 2.24) is 9.97 Å². The molecule has 12 aromatic rings. The Hall–Kier alpha value is -5.94. The van der Waals surface area contributed by atoms with Gasteiger partial charge in [-0.1, -0.05) is 78.9 Å². The fourth-order valence-electron chi connectivity index (χ4n) is 8.25. The molecule has 0 radical (unpaired) electrons. The minimum atomic E-state index is 1.17. The van der Waals surface area contributed by atoms with Crippen molar-refractivity contribution in [3.63, 3.8) is 0 Å². The van der Waals surface area contributed by atoms with Crippen LogP contribution in [0.3, 0.4) is 0 Å². The van der Waals surface area contributed by atoms with E-state index in [1.54, 1.807) is 0 Å². The Balaban J connectivity index is 0.964. The van der Waals surface area contributed by atoms with Crippen LogP contribution in [-0.4, -0.2) is 9.97 Å². The molecule has 0 saturated carbocycles. The lowest BCUT2D eigenvalue weighted by atomic mass is 9.99. The van der Waals surface area contributed by atoms with Crippen LogP contribution in [0.4, 0.5) is 0 Å². The third kappa shape index (κ3) is 3.83. The highest BCUT2D eigenvalue weighted by atomic mass is 32.1. The molecule has 2 N–H and O–H groups in total. The van der Waals surface area contributed by atoms with Gasteiger partial charge in [0, 0.05) is 57.6 Å². The molecule has 4 aromatic heterocycles. The first kappa shape index (κ1) is 26.9. The minimum absolute atomic E-state index is 1.17. The zero-order chi connectivity index (χ0) is 32.5. The molecular formula is C46H26N2S2. The van der Waals surface area contributed by atoms with Crippen molar-refractivity contribution in [3.05, 3.63) is 145 Å². The Bertz CT molecular complexity index is 3310. The van der Waals surface area contributed by atoms with Crippen LogP contribution in [0.25, 0.3) is 118 Å². The van der Waals surface area contributed by atoms with Crippen molar-refractivity contribution in [2.24, 2.45) is 0 Å². The van der Waals surface area contributed by atoms with Crippen molar-refractivity contribution in [2.45, 2.75) is 0 Å². The van der Waals surface area contributed by atoms with Crippen molar-refractivity contribution < 1.29 is 0 Å². The van der Waals surface area contributed by atoms with Gasteiger partial charge in [-0.2, -0.15) is 0 Å². The van der Waals surface area contributed by atoms with Gasteiger partial charge in [-0.15, -0.1) is 22.7 Å². The van der Waals surface area contributed by atoms with Gasteiger partial charge in [0.05, 0.1) is 11.0 Å². The van der Waals surface area contributed by atoms with E-state index in [0.717, 1.165) is 0 Å². The molecule has 4 heteroatoms. The van der Waals surface area contributed by atoms with Gasteiger partial charge < -0.3 is 9.97 Å². The Morgan fingerprint density at radius 2 is 0.980 bits per heavy atom. The molecule has 0 aliphatic heterocycles. The van der Waals surface area contributed by atoms with Crippen molar-refractivity contribution in [1.29, 1.82) is 0 Å². The molecule has 4 heterocycles. The first-order valence-electron chi connectivity index (χ1n) is 17.0. The van der Waals surface area contributed by atoms with Gasteiger partial charge in [0.25, 0.3) is 0 Å². The summed E-state index contributed by atoms with van der Waals surface area (Å²) >= 11 is 3.70. The Kier molecular flexibility index (Phi) is 5.29. The maximum atomic E-state index is 3.83. The van der Waals surface area contributed by atoms with Gasteiger partial charge >= 0.3 is 0 Å². The zero-order valence-corrected chi connectivity index (χ0v) is 28.3. The number of aromatic nitrogens is 2.